The van der Waals surface area contributed by atoms with Crippen LogP contribution in [0.1, 0.15) is 43.6 Å². The van der Waals surface area contributed by atoms with Gasteiger partial charge in [0.05, 0.1) is 16.3 Å². The highest BCUT2D eigenvalue weighted by Gasteiger charge is 2.30. The zero-order chi connectivity index (χ0) is 25.1. The van der Waals surface area contributed by atoms with Gasteiger partial charge in [0.2, 0.25) is 15.9 Å². The van der Waals surface area contributed by atoms with Crippen molar-refractivity contribution in [3.63, 3.8) is 0 Å². The molecule has 0 radical (unpaired) electrons. The molecule has 5 rings (SSSR count). The Kier molecular flexibility index (Phi) is 7.37. The Bertz CT molecular complexity index is 1310. The molecule has 1 saturated heterocycles. The number of amides is 1. The highest BCUT2D eigenvalue weighted by molar-refractivity contribution is 7.89. The lowest BCUT2D eigenvalue weighted by Crippen LogP contribution is -2.47. The van der Waals surface area contributed by atoms with E-state index in [1.807, 2.05) is 55.6 Å². The summed E-state index contributed by atoms with van der Waals surface area (Å²) in [5.41, 5.74) is 1.68. The minimum absolute atomic E-state index is 0.0978. The highest BCUT2D eigenvalue weighted by Crippen LogP contribution is 2.35. The first-order valence-corrected chi connectivity index (χ1v) is 14.3. The predicted octanol–water partition coefficient (Wildman–Crippen LogP) is 4.47. The summed E-state index contributed by atoms with van der Waals surface area (Å²) in [4.78, 5) is 20.5. The maximum absolute atomic E-state index is 13.5. The zero-order valence-corrected chi connectivity index (χ0v) is 21.6. The lowest BCUT2D eigenvalue weighted by atomic mass is 9.87. The van der Waals surface area contributed by atoms with Gasteiger partial charge in [0, 0.05) is 31.6 Å². The fraction of sp³-hybridized carbons (Fsp3) is 0.429. The molecule has 1 aliphatic heterocycles. The number of likely N-dealkylation sites (N-methyl/N-ethyl adjacent to an activating group) is 1. The number of nitrogens with zero attached hydrogens (tertiary/aromatic N) is 3. The third kappa shape index (κ3) is 5.45. The summed E-state index contributed by atoms with van der Waals surface area (Å²) in [7, 11) is -1.54. The smallest absolute Gasteiger partial charge is 0.243 e. The van der Waals surface area contributed by atoms with Gasteiger partial charge in [0.1, 0.15) is 5.82 Å². The number of rotatable bonds is 7. The molecule has 7 nitrogen and oxygen atoms in total. The van der Waals surface area contributed by atoms with E-state index in [0.717, 1.165) is 48.8 Å². The molecule has 2 aromatic carbocycles. The second-order valence-electron chi connectivity index (χ2n) is 10.1. The minimum Gasteiger partial charge on any atom is -0.310 e. The Morgan fingerprint density at radius 3 is 2.39 bits per heavy atom. The Labute approximate surface area is 213 Å². The van der Waals surface area contributed by atoms with Gasteiger partial charge in [-0.15, -0.1) is 0 Å². The van der Waals surface area contributed by atoms with Crippen LogP contribution in [0.5, 0.6) is 0 Å². The number of nitrogens with one attached hydrogen (secondary N) is 1. The van der Waals surface area contributed by atoms with Crippen LogP contribution in [0.2, 0.25) is 0 Å². The standard InChI is InChI=1S/C28H34N4O3S/c1-31-16-18-32(19-17-31)36(34,35)24-13-10-22(11-14-24)25(20-21-6-2-3-7-21)28(33)30-27-15-12-23-8-4-5-9-26(23)29-27/h4-5,8-15,21,25H,2-3,6-7,16-20H2,1H3,(H,29,30,33)/t25-/m1/s1. The number of piperazine rings is 1. The molecule has 1 atom stereocenters. The number of sulfonamides is 1. The lowest BCUT2D eigenvalue weighted by molar-refractivity contribution is -0.118. The Morgan fingerprint density at radius 1 is 0.972 bits per heavy atom. The van der Waals surface area contributed by atoms with Crippen LogP contribution < -0.4 is 5.32 Å². The molecule has 0 spiro atoms. The van der Waals surface area contributed by atoms with E-state index >= 15 is 0 Å². The Hall–Kier alpha value is -2.81. The second kappa shape index (κ2) is 10.7. The molecule has 3 aromatic rings. The van der Waals surface area contributed by atoms with Gasteiger partial charge in [0.25, 0.3) is 0 Å². The predicted molar refractivity (Wildman–Crippen MR) is 142 cm³/mol. The average molecular weight is 507 g/mol. The number of hydrogen-bond donors (Lipinski definition) is 1. The molecule has 1 amide bonds. The first kappa shape index (κ1) is 24.9. The molecule has 8 heteroatoms. The van der Waals surface area contributed by atoms with E-state index in [1.165, 1.54) is 12.8 Å². The van der Waals surface area contributed by atoms with Gasteiger partial charge in [-0.2, -0.15) is 4.31 Å². The van der Waals surface area contributed by atoms with Crippen molar-refractivity contribution in [1.29, 1.82) is 0 Å². The number of hydrogen-bond acceptors (Lipinski definition) is 5. The molecular formula is C28H34N4O3S. The summed E-state index contributed by atoms with van der Waals surface area (Å²) in [6, 6.07) is 18.6. The average Bonchev–Trinajstić information content (AvgIpc) is 3.41. The van der Waals surface area contributed by atoms with Crippen LogP contribution in [-0.2, 0) is 14.8 Å². The van der Waals surface area contributed by atoms with Crippen molar-refractivity contribution in [2.45, 2.75) is 42.9 Å². The molecule has 190 valence electrons. The van der Waals surface area contributed by atoms with Crippen molar-refractivity contribution in [1.82, 2.24) is 14.2 Å². The molecule has 2 fully saturated rings. The van der Waals surface area contributed by atoms with Crippen molar-refractivity contribution < 1.29 is 13.2 Å². The van der Waals surface area contributed by atoms with Crippen LogP contribution in [0.25, 0.3) is 10.9 Å². The summed E-state index contributed by atoms with van der Waals surface area (Å²) in [6.45, 7) is 2.44. The third-order valence-electron chi connectivity index (χ3n) is 7.59. The number of carbonyl (C=O) groups is 1. The second-order valence-corrected chi connectivity index (χ2v) is 12.0. The first-order valence-electron chi connectivity index (χ1n) is 12.9. The Balaban J connectivity index is 1.37. The van der Waals surface area contributed by atoms with E-state index in [9.17, 15) is 13.2 Å². The van der Waals surface area contributed by atoms with Crippen LogP contribution in [0.4, 0.5) is 5.82 Å². The van der Waals surface area contributed by atoms with Gasteiger partial charge < -0.3 is 10.2 Å². The maximum Gasteiger partial charge on any atom is 0.243 e. The number of pyridine rings is 1. The number of aromatic nitrogens is 1. The molecule has 1 saturated carbocycles. The summed E-state index contributed by atoms with van der Waals surface area (Å²) < 4.78 is 27.9. The van der Waals surface area contributed by atoms with Crippen molar-refractivity contribution in [3.05, 3.63) is 66.2 Å². The fourth-order valence-electron chi connectivity index (χ4n) is 5.37. The van der Waals surface area contributed by atoms with Gasteiger partial charge in [-0.3, -0.25) is 4.79 Å². The number of carbonyl (C=O) groups excluding carboxylic acids is 1. The third-order valence-corrected chi connectivity index (χ3v) is 9.51. The summed E-state index contributed by atoms with van der Waals surface area (Å²) in [5.74, 6) is 0.574. The summed E-state index contributed by atoms with van der Waals surface area (Å²) >= 11 is 0. The van der Waals surface area contributed by atoms with Crippen molar-refractivity contribution >= 4 is 32.7 Å². The summed E-state index contributed by atoms with van der Waals surface area (Å²) in [5, 5.41) is 4.05. The van der Waals surface area contributed by atoms with E-state index in [2.05, 4.69) is 15.2 Å². The van der Waals surface area contributed by atoms with Crippen LogP contribution in [0, 0.1) is 5.92 Å². The number of fused-ring (bicyclic) bond motifs is 1. The van der Waals surface area contributed by atoms with Crippen molar-refractivity contribution in [2.24, 2.45) is 5.92 Å². The highest BCUT2D eigenvalue weighted by atomic mass is 32.2. The summed E-state index contributed by atoms with van der Waals surface area (Å²) in [6.07, 6.45) is 5.42. The monoisotopic (exact) mass is 506 g/mol. The molecule has 1 aromatic heterocycles. The van der Waals surface area contributed by atoms with Gasteiger partial charge >= 0.3 is 0 Å². The topological polar surface area (TPSA) is 82.6 Å². The molecule has 2 aliphatic rings. The minimum atomic E-state index is -3.54. The molecule has 36 heavy (non-hydrogen) atoms. The van der Waals surface area contributed by atoms with E-state index in [4.69, 9.17) is 0 Å². The largest absolute Gasteiger partial charge is 0.310 e. The lowest BCUT2D eigenvalue weighted by Gasteiger charge is -2.31. The van der Waals surface area contributed by atoms with Crippen LogP contribution in [-0.4, -0.2) is 61.7 Å². The van der Waals surface area contributed by atoms with Gasteiger partial charge in [-0.1, -0.05) is 56.0 Å². The first-order chi connectivity index (χ1) is 17.4. The molecule has 0 unspecified atom stereocenters. The molecular weight excluding hydrogens is 472 g/mol. The molecule has 2 heterocycles. The van der Waals surface area contributed by atoms with Crippen molar-refractivity contribution in [3.8, 4) is 0 Å². The Morgan fingerprint density at radius 2 is 1.67 bits per heavy atom. The SMILES string of the molecule is CN1CCN(S(=O)(=O)c2ccc([C@@H](CC3CCCC3)C(=O)Nc3ccc4ccccc4n3)cc2)CC1. The van der Waals surface area contributed by atoms with E-state index in [0.29, 0.717) is 24.8 Å². The number of para-hydroxylation sites is 1. The fourth-order valence-corrected chi connectivity index (χ4v) is 6.79. The maximum atomic E-state index is 13.5. The number of anilines is 1. The normalized spacial score (nSPS) is 18.9. The molecule has 1 N–H and O–H groups in total. The van der Waals surface area contributed by atoms with E-state index < -0.39 is 10.0 Å². The van der Waals surface area contributed by atoms with Gasteiger partial charge in [0.15, 0.2) is 0 Å². The van der Waals surface area contributed by atoms with Gasteiger partial charge in [-0.25, -0.2) is 13.4 Å². The quantitative estimate of drug-likeness (QED) is 0.511. The van der Waals surface area contributed by atoms with Crippen LogP contribution in [0.3, 0.4) is 0 Å². The van der Waals surface area contributed by atoms with E-state index in [-0.39, 0.29) is 16.7 Å². The molecule has 0 bridgehead atoms. The molecule has 1 aliphatic carbocycles. The van der Waals surface area contributed by atoms with Gasteiger partial charge in [-0.05, 0) is 55.3 Å². The van der Waals surface area contributed by atoms with Crippen molar-refractivity contribution in [2.75, 3.05) is 38.5 Å². The number of benzene rings is 2. The van der Waals surface area contributed by atoms with Crippen LogP contribution in [0.15, 0.2) is 65.6 Å². The zero-order valence-electron chi connectivity index (χ0n) is 20.8. The van der Waals surface area contributed by atoms with Crippen LogP contribution >= 0.6 is 0 Å². The van der Waals surface area contributed by atoms with E-state index in [1.54, 1.807) is 16.4 Å².